The van der Waals surface area contributed by atoms with Gasteiger partial charge in [0.15, 0.2) is 6.61 Å². The van der Waals surface area contributed by atoms with Gasteiger partial charge in [0.25, 0.3) is 0 Å². The molecule has 4 aromatic rings. The van der Waals surface area contributed by atoms with Crippen LogP contribution >= 0.6 is 23.2 Å². The van der Waals surface area contributed by atoms with E-state index in [9.17, 15) is 4.79 Å². The topological polar surface area (TPSA) is 62.6 Å². The van der Waals surface area contributed by atoms with Crippen molar-refractivity contribution in [2.24, 2.45) is 0 Å². The Morgan fingerprint density at radius 3 is 2.53 bits per heavy atom. The van der Waals surface area contributed by atoms with Crippen LogP contribution in [-0.2, 0) is 16.1 Å². The van der Waals surface area contributed by atoms with Gasteiger partial charge in [0.1, 0.15) is 11.5 Å². The van der Waals surface area contributed by atoms with Crippen LogP contribution in [0.4, 0.5) is 0 Å². The fourth-order valence-electron chi connectivity index (χ4n) is 3.15. The third-order valence-electron chi connectivity index (χ3n) is 4.61. The number of fused-ring (bicyclic) bond motifs is 1. The van der Waals surface area contributed by atoms with Crippen LogP contribution in [0, 0.1) is 0 Å². The summed E-state index contributed by atoms with van der Waals surface area (Å²) in [5.74, 6) is 0.674. The van der Waals surface area contributed by atoms with E-state index in [0.717, 1.165) is 16.6 Å². The Bertz CT molecular complexity index is 1240. The van der Waals surface area contributed by atoms with Crippen LogP contribution in [0.1, 0.15) is 12.5 Å². The number of benzene rings is 3. The minimum atomic E-state index is -0.424. The molecule has 0 saturated carbocycles. The van der Waals surface area contributed by atoms with E-state index < -0.39 is 5.97 Å². The maximum Gasteiger partial charge on any atom is 0.344 e. The molecule has 0 aliphatic carbocycles. The number of hydrogen-bond acceptors (Lipinski definition) is 5. The third kappa shape index (κ3) is 5.33. The number of imidazole rings is 1. The van der Waals surface area contributed by atoms with Gasteiger partial charge >= 0.3 is 12.0 Å². The second-order valence-electron chi connectivity index (χ2n) is 6.91. The van der Waals surface area contributed by atoms with Crippen molar-refractivity contribution in [1.29, 1.82) is 0 Å². The van der Waals surface area contributed by atoms with Gasteiger partial charge in [-0.3, -0.25) is 4.57 Å². The van der Waals surface area contributed by atoms with Gasteiger partial charge in [0.2, 0.25) is 0 Å². The summed E-state index contributed by atoms with van der Waals surface area (Å²) in [5.41, 5.74) is 2.53. The van der Waals surface area contributed by atoms with Crippen LogP contribution < -0.4 is 9.47 Å². The normalized spacial score (nSPS) is 10.8. The first-order chi connectivity index (χ1) is 15.5. The van der Waals surface area contributed by atoms with Gasteiger partial charge in [-0.25, -0.2) is 4.79 Å². The predicted octanol–water partition coefficient (Wildman–Crippen LogP) is 6.13. The lowest BCUT2D eigenvalue weighted by Crippen LogP contribution is -2.14. The lowest BCUT2D eigenvalue weighted by Gasteiger charge is -2.11. The number of carbonyl (C=O) groups excluding carboxylic acids is 1. The fourth-order valence-corrected chi connectivity index (χ4v) is 3.46. The summed E-state index contributed by atoms with van der Waals surface area (Å²) in [6.45, 7) is 2.38. The Balaban J connectivity index is 1.70. The molecule has 0 N–H and O–H groups in total. The Hall–Kier alpha value is -3.22. The molecule has 32 heavy (non-hydrogen) atoms. The van der Waals surface area contributed by atoms with E-state index >= 15 is 0 Å². The maximum atomic E-state index is 11.6. The minimum absolute atomic E-state index is 0.170. The van der Waals surface area contributed by atoms with E-state index in [4.69, 9.17) is 37.4 Å². The van der Waals surface area contributed by atoms with Crippen molar-refractivity contribution in [2.75, 3.05) is 13.2 Å². The van der Waals surface area contributed by atoms with Crippen molar-refractivity contribution in [3.05, 3.63) is 82.3 Å². The molecule has 8 heteroatoms. The fraction of sp³-hybridized carbons (Fsp3) is 0.167. The van der Waals surface area contributed by atoms with Crippen LogP contribution in [0.3, 0.4) is 0 Å². The monoisotopic (exact) mass is 470 g/mol. The molecule has 0 aliphatic rings. The molecule has 1 aromatic heterocycles. The molecule has 0 bridgehead atoms. The number of esters is 1. The molecule has 0 aliphatic heterocycles. The zero-order valence-corrected chi connectivity index (χ0v) is 18.8. The van der Waals surface area contributed by atoms with Crippen LogP contribution in [0.5, 0.6) is 17.5 Å². The van der Waals surface area contributed by atoms with Crippen LogP contribution in [0.15, 0.2) is 66.7 Å². The summed E-state index contributed by atoms with van der Waals surface area (Å²) < 4.78 is 18.5. The molecule has 1 heterocycles. The number of ether oxygens (including phenoxy) is 3. The Morgan fingerprint density at radius 1 is 0.969 bits per heavy atom. The molecular formula is C24H20Cl2N2O4. The van der Waals surface area contributed by atoms with Crippen molar-refractivity contribution in [3.8, 4) is 17.5 Å². The van der Waals surface area contributed by atoms with Crippen molar-refractivity contribution in [1.82, 2.24) is 9.55 Å². The highest BCUT2D eigenvalue weighted by Gasteiger charge is 2.15. The second kappa shape index (κ2) is 9.94. The molecule has 0 fully saturated rings. The average molecular weight is 471 g/mol. The van der Waals surface area contributed by atoms with Gasteiger partial charge in [-0.15, -0.1) is 0 Å². The van der Waals surface area contributed by atoms with Gasteiger partial charge in [-0.1, -0.05) is 41.4 Å². The van der Waals surface area contributed by atoms with Crippen LogP contribution in [0.2, 0.25) is 10.0 Å². The molecule has 4 rings (SSSR count). The van der Waals surface area contributed by atoms with Gasteiger partial charge < -0.3 is 14.2 Å². The first-order valence-corrected chi connectivity index (χ1v) is 10.7. The summed E-state index contributed by atoms with van der Waals surface area (Å²) >= 11 is 12.1. The molecule has 0 amide bonds. The van der Waals surface area contributed by atoms with E-state index in [1.165, 1.54) is 0 Å². The zero-order chi connectivity index (χ0) is 22.5. The predicted molar refractivity (Wildman–Crippen MR) is 124 cm³/mol. The third-order valence-corrected chi connectivity index (χ3v) is 5.09. The van der Waals surface area contributed by atoms with E-state index in [-0.39, 0.29) is 6.61 Å². The highest BCUT2D eigenvalue weighted by molar-refractivity contribution is 6.30. The molecule has 0 saturated heterocycles. The van der Waals surface area contributed by atoms with Gasteiger partial charge in [0.05, 0.1) is 24.2 Å². The lowest BCUT2D eigenvalue weighted by molar-refractivity contribution is -0.145. The lowest BCUT2D eigenvalue weighted by atomic mass is 10.2. The summed E-state index contributed by atoms with van der Waals surface area (Å²) in [5, 5.41) is 1.23. The molecule has 0 unspecified atom stereocenters. The van der Waals surface area contributed by atoms with E-state index in [2.05, 4.69) is 4.98 Å². The molecule has 0 atom stereocenters. The largest absolute Gasteiger partial charge is 0.482 e. The summed E-state index contributed by atoms with van der Waals surface area (Å²) in [7, 11) is 0. The van der Waals surface area contributed by atoms with Gasteiger partial charge in [-0.2, -0.15) is 4.98 Å². The van der Waals surface area contributed by atoms with E-state index in [1.54, 1.807) is 25.1 Å². The minimum Gasteiger partial charge on any atom is -0.482 e. The highest BCUT2D eigenvalue weighted by Crippen LogP contribution is 2.30. The second-order valence-corrected chi connectivity index (χ2v) is 7.78. The van der Waals surface area contributed by atoms with Crippen molar-refractivity contribution in [3.63, 3.8) is 0 Å². The number of carbonyl (C=O) groups is 1. The molecular weight excluding hydrogens is 451 g/mol. The van der Waals surface area contributed by atoms with Gasteiger partial charge in [-0.05, 0) is 55.0 Å². The van der Waals surface area contributed by atoms with Crippen molar-refractivity contribution < 1.29 is 19.0 Å². The Labute approximate surface area is 195 Å². The summed E-state index contributed by atoms with van der Waals surface area (Å²) in [6, 6.07) is 20.5. The molecule has 0 spiro atoms. The number of rotatable bonds is 8. The first-order valence-electron chi connectivity index (χ1n) is 9.98. The van der Waals surface area contributed by atoms with E-state index in [0.29, 0.717) is 40.7 Å². The van der Waals surface area contributed by atoms with Crippen LogP contribution in [-0.4, -0.2) is 28.7 Å². The number of halogens is 2. The standard InChI is InChI=1S/C24H20Cl2N2O4/c1-2-30-23(29)15-31-19-10-11-21-22(13-19)28(14-16-6-8-17(25)9-7-16)24(27-21)32-20-5-3-4-18(26)12-20/h3-13H,2,14-15H2,1H3. The summed E-state index contributed by atoms with van der Waals surface area (Å²) in [6.07, 6.45) is 0. The Kier molecular flexibility index (Phi) is 6.83. The first kappa shape index (κ1) is 22.0. The quantitative estimate of drug-likeness (QED) is 0.290. The van der Waals surface area contributed by atoms with Crippen molar-refractivity contribution in [2.45, 2.75) is 13.5 Å². The van der Waals surface area contributed by atoms with E-state index in [1.807, 2.05) is 53.1 Å². The highest BCUT2D eigenvalue weighted by atomic mass is 35.5. The zero-order valence-electron chi connectivity index (χ0n) is 17.3. The van der Waals surface area contributed by atoms with Crippen molar-refractivity contribution >= 4 is 40.2 Å². The number of hydrogen-bond donors (Lipinski definition) is 0. The SMILES string of the molecule is CCOC(=O)COc1ccc2nc(Oc3cccc(Cl)c3)n(Cc3ccc(Cl)cc3)c2c1. The van der Waals surface area contributed by atoms with Crippen LogP contribution in [0.25, 0.3) is 11.0 Å². The molecule has 164 valence electrons. The number of nitrogens with zero attached hydrogens (tertiary/aromatic N) is 2. The summed E-state index contributed by atoms with van der Waals surface area (Å²) in [4.78, 5) is 16.3. The Morgan fingerprint density at radius 2 is 1.78 bits per heavy atom. The molecule has 6 nitrogen and oxygen atoms in total. The molecule has 0 radical (unpaired) electrons. The average Bonchev–Trinajstić information content (AvgIpc) is 3.10. The number of aromatic nitrogens is 2. The van der Waals surface area contributed by atoms with Gasteiger partial charge in [0, 0.05) is 16.1 Å². The molecule has 3 aromatic carbocycles. The smallest absolute Gasteiger partial charge is 0.344 e. The maximum absolute atomic E-state index is 11.6.